The number of carboxylic acids is 1. The van der Waals surface area contributed by atoms with Gasteiger partial charge in [0.2, 0.25) is 0 Å². The van der Waals surface area contributed by atoms with E-state index in [9.17, 15) is 18.0 Å². The van der Waals surface area contributed by atoms with Crippen molar-refractivity contribution in [2.24, 2.45) is 0 Å². The molecule has 0 spiro atoms. The predicted molar refractivity (Wildman–Crippen MR) is 74.7 cm³/mol. The van der Waals surface area contributed by atoms with Crippen LogP contribution in [0.4, 0.5) is 24.5 Å². The highest BCUT2D eigenvalue weighted by molar-refractivity contribution is 5.90. The van der Waals surface area contributed by atoms with E-state index in [0.29, 0.717) is 17.1 Å². The molecule has 0 heterocycles. The maximum Gasteiger partial charge on any atom is 0.416 e. The third kappa shape index (κ3) is 3.49. The maximum absolute atomic E-state index is 12.5. The monoisotopic (exact) mass is 311 g/mol. The summed E-state index contributed by atoms with van der Waals surface area (Å²) in [6.45, 7) is 0. The topological polar surface area (TPSA) is 58.6 Å². The van der Waals surface area contributed by atoms with Crippen LogP contribution in [0.5, 0.6) is 5.75 Å². The van der Waals surface area contributed by atoms with Crippen LogP contribution in [-0.2, 0) is 6.18 Å². The molecular weight excluding hydrogens is 299 g/mol. The third-order valence-corrected chi connectivity index (χ3v) is 2.94. The summed E-state index contributed by atoms with van der Waals surface area (Å²) in [5.41, 5.74) is 0.00973. The minimum absolute atomic E-state index is 0.0372. The van der Waals surface area contributed by atoms with Crippen LogP contribution in [0.15, 0.2) is 42.5 Å². The first-order valence-electron chi connectivity index (χ1n) is 6.17. The molecule has 0 saturated carbocycles. The van der Waals surface area contributed by atoms with Crippen LogP contribution >= 0.6 is 0 Å². The molecule has 116 valence electrons. The van der Waals surface area contributed by atoms with Crippen molar-refractivity contribution in [1.82, 2.24) is 0 Å². The number of anilines is 2. The van der Waals surface area contributed by atoms with Crippen molar-refractivity contribution in [2.75, 3.05) is 12.4 Å². The lowest BCUT2D eigenvalue weighted by Crippen LogP contribution is -2.04. The maximum atomic E-state index is 12.5. The molecule has 0 saturated heterocycles. The number of benzene rings is 2. The smallest absolute Gasteiger partial charge is 0.416 e. The molecule has 0 aliphatic rings. The first kappa shape index (κ1) is 15.7. The van der Waals surface area contributed by atoms with Gasteiger partial charge in [-0.25, -0.2) is 4.79 Å². The highest BCUT2D eigenvalue weighted by Gasteiger charge is 2.29. The largest absolute Gasteiger partial charge is 0.495 e. The van der Waals surface area contributed by atoms with E-state index in [1.54, 1.807) is 0 Å². The molecule has 2 aromatic carbocycles. The van der Waals surface area contributed by atoms with Crippen molar-refractivity contribution in [3.05, 3.63) is 53.6 Å². The van der Waals surface area contributed by atoms with E-state index < -0.39 is 17.7 Å². The molecule has 2 N–H and O–H groups in total. The molecular formula is C15H12F3NO3. The molecule has 0 atom stereocenters. The lowest BCUT2D eigenvalue weighted by Gasteiger charge is -2.13. The van der Waals surface area contributed by atoms with Crippen molar-refractivity contribution in [3.63, 3.8) is 0 Å². The van der Waals surface area contributed by atoms with Gasteiger partial charge in [0, 0.05) is 5.69 Å². The molecule has 0 bridgehead atoms. The van der Waals surface area contributed by atoms with Crippen molar-refractivity contribution < 1.29 is 27.8 Å². The fourth-order valence-electron chi connectivity index (χ4n) is 1.84. The highest BCUT2D eigenvalue weighted by atomic mass is 19.4. The van der Waals surface area contributed by atoms with Crippen LogP contribution in [0.25, 0.3) is 0 Å². The zero-order chi connectivity index (χ0) is 16.3. The number of aromatic carboxylic acids is 1. The number of nitrogens with one attached hydrogen (secondary N) is 1. The average Bonchev–Trinajstić information content (AvgIpc) is 2.46. The van der Waals surface area contributed by atoms with Gasteiger partial charge in [-0.15, -0.1) is 0 Å². The Bertz CT molecular complexity index is 681. The van der Waals surface area contributed by atoms with E-state index in [1.807, 2.05) is 0 Å². The zero-order valence-corrected chi connectivity index (χ0v) is 11.4. The minimum Gasteiger partial charge on any atom is -0.495 e. The minimum atomic E-state index is -4.40. The number of hydrogen-bond acceptors (Lipinski definition) is 3. The van der Waals surface area contributed by atoms with Gasteiger partial charge in [0.25, 0.3) is 0 Å². The number of rotatable bonds is 4. The van der Waals surface area contributed by atoms with Crippen molar-refractivity contribution in [3.8, 4) is 5.75 Å². The van der Waals surface area contributed by atoms with Gasteiger partial charge in [-0.1, -0.05) is 0 Å². The zero-order valence-electron chi connectivity index (χ0n) is 11.4. The number of carboxylic acid groups (broad SMARTS) is 1. The van der Waals surface area contributed by atoms with Crippen molar-refractivity contribution in [2.45, 2.75) is 6.18 Å². The molecule has 22 heavy (non-hydrogen) atoms. The van der Waals surface area contributed by atoms with Gasteiger partial charge in [-0.3, -0.25) is 0 Å². The van der Waals surface area contributed by atoms with Gasteiger partial charge in [0.1, 0.15) is 5.75 Å². The average molecular weight is 311 g/mol. The Morgan fingerprint density at radius 3 is 2.27 bits per heavy atom. The summed E-state index contributed by atoms with van der Waals surface area (Å²) in [5, 5.41) is 11.8. The first-order valence-corrected chi connectivity index (χ1v) is 6.17. The lowest BCUT2D eigenvalue weighted by atomic mass is 10.1. The molecule has 0 amide bonds. The summed E-state index contributed by atoms with van der Waals surface area (Å²) in [6, 6.07) is 8.59. The Morgan fingerprint density at radius 2 is 1.77 bits per heavy atom. The van der Waals surface area contributed by atoms with E-state index in [-0.39, 0.29) is 5.56 Å². The Kier molecular flexibility index (Phi) is 4.25. The summed E-state index contributed by atoms with van der Waals surface area (Å²) in [4.78, 5) is 11.0. The van der Waals surface area contributed by atoms with Gasteiger partial charge in [0.15, 0.2) is 0 Å². The van der Waals surface area contributed by atoms with Crippen LogP contribution in [0, 0.1) is 0 Å². The second-order valence-corrected chi connectivity index (χ2v) is 4.42. The van der Waals surface area contributed by atoms with E-state index in [4.69, 9.17) is 9.84 Å². The molecule has 0 aliphatic carbocycles. The Labute approximate surface area is 124 Å². The van der Waals surface area contributed by atoms with Crippen LogP contribution in [0.2, 0.25) is 0 Å². The SMILES string of the molecule is COc1ccc(C(=O)O)cc1Nc1ccc(C(F)(F)F)cc1. The van der Waals surface area contributed by atoms with Crippen molar-refractivity contribution >= 4 is 17.3 Å². The molecule has 0 radical (unpaired) electrons. The van der Waals surface area contributed by atoms with Crippen LogP contribution in [0.3, 0.4) is 0 Å². The normalized spacial score (nSPS) is 11.1. The molecule has 0 unspecified atom stereocenters. The molecule has 7 heteroatoms. The van der Waals surface area contributed by atoms with E-state index in [2.05, 4.69) is 5.32 Å². The van der Waals surface area contributed by atoms with Gasteiger partial charge in [0.05, 0.1) is 23.9 Å². The Morgan fingerprint density at radius 1 is 1.14 bits per heavy atom. The first-order chi connectivity index (χ1) is 10.3. The molecule has 2 aromatic rings. The molecule has 0 aliphatic heterocycles. The van der Waals surface area contributed by atoms with E-state index in [0.717, 1.165) is 12.1 Å². The quantitative estimate of drug-likeness (QED) is 0.890. The summed E-state index contributed by atoms with van der Waals surface area (Å²) >= 11 is 0. The number of methoxy groups -OCH3 is 1. The molecule has 2 rings (SSSR count). The number of alkyl halides is 3. The summed E-state index contributed by atoms with van der Waals surface area (Å²) < 4.78 is 42.6. The van der Waals surface area contributed by atoms with E-state index in [1.165, 1.54) is 37.4 Å². The third-order valence-electron chi connectivity index (χ3n) is 2.94. The molecule has 0 fully saturated rings. The Balaban J connectivity index is 2.30. The number of carbonyl (C=O) groups is 1. The summed E-state index contributed by atoms with van der Waals surface area (Å²) in [7, 11) is 1.41. The second kappa shape index (κ2) is 5.97. The predicted octanol–water partition coefficient (Wildman–Crippen LogP) is 4.16. The number of hydrogen-bond donors (Lipinski definition) is 2. The van der Waals surface area contributed by atoms with Gasteiger partial charge in [-0.2, -0.15) is 13.2 Å². The van der Waals surface area contributed by atoms with Crippen LogP contribution in [-0.4, -0.2) is 18.2 Å². The van der Waals surface area contributed by atoms with Gasteiger partial charge in [-0.05, 0) is 42.5 Å². The summed E-state index contributed by atoms with van der Waals surface area (Å²) in [5.74, 6) is -0.733. The molecule has 4 nitrogen and oxygen atoms in total. The van der Waals surface area contributed by atoms with E-state index >= 15 is 0 Å². The second-order valence-electron chi connectivity index (χ2n) is 4.42. The highest BCUT2D eigenvalue weighted by Crippen LogP contribution is 2.32. The standard InChI is InChI=1S/C15H12F3NO3/c1-22-13-7-2-9(14(20)21)8-12(13)19-11-5-3-10(4-6-11)15(16,17)18/h2-8,19H,1H3,(H,20,21). The number of ether oxygens (including phenoxy) is 1. The fraction of sp³-hybridized carbons (Fsp3) is 0.133. The van der Waals surface area contributed by atoms with Gasteiger partial charge >= 0.3 is 12.1 Å². The summed E-state index contributed by atoms with van der Waals surface area (Å²) in [6.07, 6.45) is -4.40. The molecule has 0 aromatic heterocycles. The van der Waals surface area contributed by atoms with Crippen molar-refractivity contribution in [1.29, 1.82) is 0 Å². The van der Waals surface area contributed by atoms with Crippen LogP contribution in [0.1, 0.15) is 15.9 Å². The Hall–Kier alpha value is -2.70. The number of halogens is 3. The fourth-order valence-corrected chi connectivity index (χ4v) is 1.84. The lowest BCUT2D eigenvalue weighted by molar-refractivity contribution is -0.137. The van der Waals surface area contributed by atoms with Gasteiger partial charge < -0.3 is 15.2 Å². The van der Waals surface area contributed by atoms with Crippen LogP contribution < -0.4 is 10.1 Å².